The minimum Gasteiger partial charge on any atom is -0.497 e. The summed E-state index contributed by atoms with van der Waals surface area (Å²) in [6.07, 6.45) is 3.92. The van der Waals surface area contributed by atoms with Crippen LogP contribution in [-0.2, 0) is 6.54 Å². The van der Waals surface area contributed by atoms with Crippen molar-refractivity contribution in [2.45, 2.75) is 18.6 Å². The van der Waals surface area contributed by atoms with Gasteiger partial charge in [-0.15, -0.1) is 0 Å². The molecule has 2 aromatic heterocycles. The maximum atomic E-state index is 5.83. The second kappa shape index (κ2) is 8.85. The zero-order chi connectivity index (χ0) is 21.9. The molecule has 1 aliphatic rings. The Balaban J connectivity index is 1.60. The molecule has 32 heavy (non-hydrogen) atoms. The SMILES string of the molecule is COc1cccc(-n2cccc2[C@@H]2[C@H](c3ccccn3)NC(=S)N2Cc2ccccc2)c1. The molecule has 0 unspecified atom stereocenters. The van der Waals surface area contributed by atoms with Gasteiger partial charge in [-0.3, -0.25) is 4.98 Å². The van der Waals surface area contributed by atoms with Gasteiger partial charge in [-0.1, -0.05) is 42.5 Å². The van der Waals surface area contributed by atoms with E-state index in [2.05, 4.69) is 74.5 Å². The van der Waals surface area contributed by atoms with Gasteiger partial charge in [0.05, 0.1) is 24.9 Å². The molecule has 1 fully saturated rings. The summed E-state index contributed by atoms with van der Waals surface area (Å²) in [6, 6.07) is 28.7. The van der Waals surface area contributed by atoms with Gasteiger partial charge in [0, 0.05) is 36.4 Å². The Morgan fingerprint density at radius 1 is 0.969 bits per heavy atom. The van der Waals surface area contributed by atoms with Crippen LogP contribution in [0.15, 0.2) is 97.3 Å². The maximum Gasteiger partial charge on any atom is 0.170 e. The number of ether oxygens (including phenoxy) is 1. The van der Waals surface area contributed by atoms with E-state index < -0.39 is 0 Å². The zero-order valence-corrected chi connectivity index (χ0v) is 18.6. The van der Waals surface area contributed by atoms with E-state index in [1.54, 1.807) is 7.11 Å². The number of hydrogen-bond acceptors (Lipinski definition) is 3. The van der Waals surface area contributed by atoms with Crippen LogP contribution in [0.5, 0.6) is 5.75 Å². The Bertz CT molecular complexity index is 1210. The topological polar surface area (TPSA) is 42.3 Å². The van der Waals surface area contributed by atoms with Crippen LogP contribution in [0.4, 0.5) is 0 Å². The summed E-state index contributed by atoms with van der Waals surface area (Å²) >= 11 is 5.83. The summed E-state index contributed by atoms with van der Waals surface area (Å²) in [5.74, 6) is 0.824. The van der Waals surface area contributed by atoms with Gasteiger partial charge in [0.2, 0.25) is 0 Å². The number of nitrogens with one attached hydrogen (secondary N) is 1. The Morgan fingerprint density at radius 2 is 1.81 bits per heavy atom. The molecule has 1 saturated heterocycles. The Labute approximate surface area is 193 Å². The van der Waals surface area contributed by atoms with E-state index in [1.165, 1.54) is 5.56 Å². The molecule has 0 spiro atoms. The highest BCUT2D eigenvalue weighted by molar-refractivity contribution is 7.80. The summed E-state index contributed by atoms with van der Waals surface area (Å²) < 4.78 is 7.66. The first-order valence-electron chi connectivity index (χ1n) is 10.6. The molecule has 5 nitrogen and oxygen atoms in total. The van der Waals surface area contributed by atoms with Crippen molar-refractivity contribution in [3.05, 3.63) is 114 Å². The fourth-order valence-electron chi connectivity index (χ4n) is 4.31. The molecule has 0 bridgehead atoms. The number of pyridine rings is 1. The minimum atomic E-state index is -0.0633. The minimum absolute atomic E-state index is 0.0289. The number of nitrogens with zero attached hydrogens (tertiary/aromatic N) is 3. The lowest BCUT2D eigenvalue weighted by Crippen LogP contribution is -2.30. The standard InChI is InChI=1S/C26H24N4OS/c1-31-21-12-7-11-20(17-21)29-16-8-14-23(29)25-24(22-13-5-6-15-27-22)28-26(32)30(25)18-19-9-3-2-4-10-19/h2-17,24-25H,18H2,1H3,(H,28,32)/t24-,25+/m0/s1. The van der Waals surface area contributed by atoms with Crippen molar-refractivity contribution >= 4 is 17.3 Å². The van der Waals surface area contributed by atoms with Crippen LogP contribution in [0.3, 0.4) is 0 Å². The molecular weight excluding hydrogens is 416 g/mol. The van der Waals surface area contributed by atoms with E-state index in [4.69, 9.17) is 17.0 Å². The third-order valence-corrected chi connectivity index (χ3v) is 6.16. The molecule has 1 N–H and O–H groups in total. The Morgan fingerprint density at radius 3 is 2.59 bits per heavy atom. The van der Waals surface area contributed by atoms with Crippen molar-refractivity contribution in [2.24, 2.45) is 0 Å². The highest BCUT2D eigenvalue weighted by Gasteiger charge is 2.41. The van der Waals surface area contributed by atoms with Crippen LogP contribution in [-0.4, -0.2) is 26.7 Å². The van der Waals surface area contributed by atoms with E-state index in [0.29, 0.717) is 6.54 Å². The lowest BCUT2D eigenvalue weighted by molar-refractivity contribution is 0.302. The monoisotopic (exact) mass is 440 g/mol. The molecule has 0 radical (unpaired) electrons. The zero-order valence-electron chi connectivity index (χ0n) is 17.8. The molecule has 0 amide bonds. The Kier molecular flexibility index (Phi) is 5.60. The largest absolute Gasteiger partial charge is 0.497 e. The van der Waals surface area contributed by atoms with Gasteiger partial charge < -0.3 is 19.5 Å². The lowest BCUT2D eigenvalue weighted by Gasteiger charge is -2.29. The van der Waals surface area contributed by atoms with Crippen molar-refractivity contribution in [1.29, 1.82) is 0 Å². The second-order valence-corrected chi connectivity index (χ2v) is 8.13. The number of rotatable bonds is 6. The van der Waals surface area contributed by atoms with Crippen molar-refractivity contribution in [2.75, 3.05) is 7.11 Å². The summed E-state index contributed by atoms with van der Waals surface area (Å²) in [4.78, 5) is 6.91. The third kappa shape index (κ3) is 3.85. The lowest BCUT2D eigenvalue weighted by atomic mass is 10.0. The fourth-order valence-corrected chi connectivity index (χ4v) is 4.61. The molecule has 2 aromatic carbocycles. The highest BCUT2D eigenvalue weighted by atomic mass is 32.1. The first-order chi connectivity index (χ1) is 15.7. The van der Waals surface area contributed by atoms with Crippen LogP contribution in [0.25, 0.3) is 5.69 Å². The maximum absolute atomic E-state index is 5.83. The normalized spacial score (nSPS) is 17.9. The summed E-state index contributed by atoms with van der Waals surface area (Å²) in [5, 5.41) is 4.27. The Hall–Kier alpha value is -3.64. The summed E-state index contributed by atoms with van der Waals surface area (Å²) in [5.41, 5.74) is 4.36. The number of thiocarbonyl (C=S) groups is 1. The van der Waals surface area contributed by atoms with Crippen LogP contribution >= 0.6 is 12.2 Å². The van der Waals surface area contributed by atoms with Gasteiger partial charge in [-0.05, 0) is 54.2 Å². The molecule has 2 atom stereocenters. The molecule has 0 saturated carbocycles. The van der Waals surface area contributed by atoms with Gasteiger partial charge in [0.1, 0.15) is 5.75 Å². The van der Waals surface area contributed by atoms with Crippen LogP contribution < -0.4 is 10.1 Å². The van der Waals surface area contributed by atoms with Crippen molar-refractivity contribution in [3.8, 4) is 11.4 Å². The molecule has 160 valence electrons. The van der Waals surface area contributed by atoms with Gasteiger partial charge in [0.15, 0.2) is 5.11 Å². The summed E-state index contributed by atoms with van der Waals surface area (Å²) in [7, 11) is 1.69. The van der Waals surface area contributed by atoms with E-state index in [9.17, 15) is 0 Å². The molecule has 4 aromatic rings. The van der Waals surface area contributed by atoms with Crippen molar-refractivity contribution < 1.29 is 4.74 Å². The smallest absolute Gasteiger partial charge is 0.170 e. The van der Waals surface area contributed by atoms with Crippen LogP contribution in [0.2, 0.25) is 0 Å². The van der Waals surface area contributed by atoms with Crippen molar-refractivity contribution in [1.82, 2.24) is 19.8 Å². The number of benzene rings is 2. The highest BCUT2D eigenvalue weighted by Crippen LogP contribution is 2.40. The van der Waals surface area contributed by atoms with Gasteiger partial charge >= 0.3 is 0 Å². The van der Waals surface area contributed by atoms with Crippen molar-refractivity contribution in [3.63, 3.8) is 0 Å². The van der Waals surface area contributed by atoms with E-state index in [0.717, 1.165) is 27.9 Å². The van der Waals surface area contributed by atoms with Crippen LogP contribution in [0, 0.1) is 0 Å². The average Bonchev–Trinajstić information content (AvgIpc) is 3.45. The second-order valence-electron chi connectivity index (χ2n) is 7.74. The molecule has 0 aliphatic carbocycles. The summed E-state index contributed by atoms with van der Waals surface area (Å²) in [6.45, 7) is 0.712. The van der Waals surface area contributed by atoms with E-state index >= 15 is 0 Å². The molecule has 5 rings (SSSR count). The van der Waals surface area contributed by atoms with Gasteiger partial charge in [-0.2, -0.15) is 0 Å². The molecule has 3 heterocycles. The molecular formula is C26H24N4OS. The fraction of sp³-hybridized carbons (Fsp3) is 0.154. The van der Waals surface area contributed by atoms with E-state index in [1.807, 2.05) is 42.6 Å². The number of aromatic nitrogens is 2. The molecule has 6 heteroatoms. The first kappa shape index (κ1) is 20.3. The van der Waals surface area contributed by atoms with Gasteiger partial charge in [-0.25, -0.2) is 0 Å². The number of methoxy groups -OCH3 is 1. The van der Waals surface area contributed by atoms with E-state index in [-0.39, 0.29) is 12.1 Å². The predicted octanol–water partition coefficient (Wildman–Crippen LogP) is 5.05. The number of hydrogen-bond donors (Lipinski definition) is 1. The van der Waals surface area contributed by atoms with Crippen LogP contribution in [0.1, 0.15) is 29.0 Å². The van der Waals surface area contributed by atoms with Gasteiger partial charge in [0.25, 0.3) is 0 Å². The predicted molar refractivity (Wildman–Crippen MR) is 130 cm³/mol. The molecule has 1 aliphatic heterocycles. The quantitative estimate of drug-likeness (QED) is 0.425. The average molecular weight is 441 g/mol. The first-order valence-corrected chi connectivity index (χ1v) is 11.0. The third-order valence-electron chi connectivity index (χ3n) is 5.81.